The number of halogens is 4. The molecule has 0 aromatic heterocycles. The number of nitrogens with one attached hydrogen (secondary N) is 2. The Bertz CT molecular complexity index is 563. The highest BCUT2D eigenvalue weighted by Crippen LogP contribution is 2.28. The zero-order valence-electron chi connectivity index (χ0n) is 13.8. The fourth-order valence-corrected chi connectivity index (χ4v) is 3.14. The van der Waals surface area contributed by atoms with Gasteiger partial charge in [0.25, 0.3) is 0 Å². The minimum atomic E-state index is -5.28. The molecule has 0 atom stereocenters. The molecule has 1 aliphatic heterocycles. The van der Waals surface area contributed by atoms with E-state index in [-0.39, 0.29) is 74.9 Å². The summed E-state index contributed by atoms with van der Waals surface area (Å²) in [6.07, 6.45) is 0.569. The zero-order chi connectivity index (χ0) is 18.4. The van der Waals surface area contributed by atoms with Crippen molar-refractivity contribution in [3.05, 3.63) is 0 Å². The molecule has 25 heavy (non-hydrogen) atoms. The number of carbonyl (C=O) groups is 1. The Morgan fingerprint density at radius 3 is 2.32 bits per heavy atom. The van der Waals surface area contributed by atoms with Gasteiger partial charge < -0.3 is 15.4 Å². The van der Waals surface area contributed by atoms with Gasteiger partial charge in [-0.2, -0.15) is 17.5 Å². The van der Waals surface area contributed by atoms with Crippen LogP contribution in [0.2, 0.25) is 0 Å². The van der Waals surface area contributed by atoms with Crippen LogP contribution in [0.1, 0.15) is 19.3 Å². The molecule has 0 aromatic rings. The zero-order valence-corrected chi connectivity index (χ0v) is 16.9. The monoisotopic (exact) mass is 502 g/mol. The first-order chi connectivity index (χ1) is 11.1. The van der Waals surface area contributed by atoms with E-state index in [9.17, 15) is 26.4 Å². The molecule has 0 radical (unpaired) electrons. The van der Waals surface area contributed by atoms with Gasteiger partial charge in [-0.15, -0.1) is 24.0 Å². The van der Waals surface area contributed by atoms with Gasteiger partial charge in [0.15, 0.2) is 5.96 Å². The van der Waals surface area contributed by atoms with Crippen molar-refractivity contribution >= 4 is 45.9 Å². The Balaban J connectivity index is 0.00000576. The number of hydrogen-bond acceptors (Lipinski definition) is 5. The number of ether oxygens (including phenoxy) is 1. The van der Waals surface area contributed by atoms with Crippen LogP contribution in [0, 0.1) is 0 Å². The number of alkyl halides is 3. The van der Waals surface area contributed by atoms with Crippen molar-refractivity contribution in [1.29, 1.82) is 0 Å². The lowest BCUT2D eigenvalue weighted by atomic mass is 10.1. The highest BCUT2D eigenvalue weighted by molar-refractivity contribution is 14.0. The minimum absolute atomic E-state index is 0. The van der Waals surface area contributed by atoms with Crippen LogP contribution >= 0.6 is 24.0 Å². The van der Waals surface area contributed by atoms with Crippen molar-refractivity contribution in [3.8, 4) is 0 Å². The van der Waals surface area contributed by atoms with E-state index in [1.165, 1.54) is 14.2 Å². The molecule has 0 spiro atoms. The summed E-state index contributed by atoms with van der Waals surface area (Å²) in [5, 5.41) is 5.87. The Morgan fingerprint density at radius 1 is 1.32 bits per heavy atom. The van der Waals surface area contributed by atoms with Crippen LogP contribution in [-0.4, -0.2) is 70.0 Å². The van der Waals surface area contributed by atoms with Crippen molar-refractivity contribution in [3.63, 3.8) is 0 Å². The molecule has 1 rings (SSSR count). The number of guanidine groups is 1. The summed E-state index contributed by atoms with van der Waals surface area (Å²) in [6, 6.07) is -0.214. The normalized spacial score (nSPS) is 17.6. The third-order valence-electron chi connectivity index (χ3n) is 3.50. The predicted molar refractivity (Wildman–Crippen MR) is 96.1 cm³/mol. The van der Waals surface area contributed by atoms with Gasteiger partial charge in [-0.25, -0.2) is 8.42 Å². The summed E-state index contributed by atoms with van der Waals surface area (Å²) in [7, 11) is -2.49. The molecule has 1 fully saturated rings. The predicted octanol–water partition coefficient (Wildman–Crippen LogP) is 0.646. The molecular weight excluding hydrogens is 480 g/mol. The van der Waals surface area contributed by atoms with Gasteiger partial charge in [-0.05, 0) is 12.8 Å². The van der Waals surface area contributed by atoms with Gasteiger partial charge >= 0.3 is 21.5 Å². The smallest absolute Gasteiger partial charge is 0.469 e. The summed E-state index contributed by atoms with van der Waals surface area (Å²) in [6.45, 7) is -0.162. The number of piperidine rings is 1. The Kier molecular flexibility index (Phi) is 10.0. The van der Waals surface area contributed by atoms with Crippen LogP contribution in [0.3, 0.4) is 0 Å². The molecule has 13 heteroatoms. The van der Waals surface area contributed by atoms with E-state index in [1.807, 2.05) is 0 Å². The van der Waals surface area contributed by atoms with Crippen molar-refractivity contribution < 1.29 is 31.1 Å². The maximum atomic E-state index is 12.5. The minimum Gasteiger partial charge on any atom is -0.469 e. The summed E-state index contributed by atoms with van der Waals surface area (Å²) in [4.78, 5) is 14.9. The van der Waals surface area contributed by atoms with E-state index in [0.29, 0.717) is 10.3 Å². The number of methoxy groups -OCH3 is 1. The molecule has 0 unspecified atom stereocenters. The lowest BCUT2D eigenvalue weighted by Gasteiger charge is -2.32. The fraction of sp³-hybridized carbons (Fsp3) is 0.833. The molecular formula is C12H22F3IN4O4S. The number of sulfonamides is 1. The molecule has 0 aromatic carbocycles. The van der Waals surface area contributed by atoms with Gasteiger partial charge in [-0.1, -0.05) is 0 Å². The second-order valence-corrected chi connectivity index (χ2v) is 7.02. The first-order valence-corrected chi connectivity index (χ1v) is 8.66. The molecule has 148 valence electrons. The molecule has 0 bridgehead atoms. The lowest BCUT2D eigenvalue weighted by molar-refractivity contribution is -0.140. The van der Waals surface area contributed by atoms with Gasteiger partial charge in [0.1, 0.15) is 0 Å². The summed E-state index contributed by atoms with van der Waals surface area (Å²) in [5.41, 5.74) is -5.28. The quantitative estimate of drug-likeness (QED) is 0.248. The SMILES string of the molecule is CN=C(NCCC(=O)OC)NC1CCN(S(=O)(=O)C(F)(F)F)CC1.I. The largest absolute Gasteiger partial charge is 0.511 e. The van der Waals surface area contributed by atoms with E-state index in [0.717, 1.165) is 0 Å². The number of nitrogens with zero attached hydrogens (tertiary/aromatic N) is 2. The second-order valence-electron chi connectivity index (χ2n) is 5.09. The molecule has 8 nitrogen and oxygen atoms in total. The van der Waals surface area contributed by atoms with E-state index >= 15 is 0 Å². The van der Waals surface area contributed by atoms with Crippen LogP contribution in [0.4, 0.5) is 13.2 Å². The molecule has 0 saturated carbocycles. The maximum absolute atomic E-state index is 12.5. The van der Waals surface area contributed by atoms with Crippen LogP contribution in [0.5, 0.6) is 0 Å². The van der Waals surface area contributed by atoms with Crippen molar-refractivity contribution in [1.82, 2.24) is 14.9 Å². The van der Waals surface area contributed by atoms with Crippen molar-refractivity contribution in [2.75, 3.05) is 33.8 Å². The second kappa shape index (κ2) is 10.4. The lowest BCUT2D eigenvalue weighted by Crippen LogP contribution is -2.51. The Labute approximate surface area is 161 Å². The third kappa shape index (κ3) is 7.13. The first kappa shape index (κ1) is 24.2. The molecule has 0 amide bonds. The standard InChI is InChI=1S/C12H21F3N4O4S.HI/c1-16-11(17-6-3-10(20)23-2)18-9-4-7-19(8-5-9)24(21,22)12(13,14)15;/h9H,3-8H2,1-2H3,(H2,16,17,18);1H. The third-order valence-corrected chi connectivity index (χ3v) is 5.13. The van der Waals surface area contributed by atoms with E-state index in [1.54, 1.807) is 0 Å². The number of hydrogen-bond donors (Lipinski definition) is 2. The maximum Gasteiger partial charge on any atom is 0.511 e. The van der Waals surface area contributed by atoms with E-state index < -0.39 is 15.5 Å². The van der Waals surface area contributed by atoms with Gasteiger partial charge in [0.05, 0.1) is 13.5 Å². The molecule has 1 saturated heterocycles. The Hall–Kier alpha value is -0.830. The summed E-state index contributed by atoms with van der Waals surface area (Å²) in [5.74, 6) is -0.000324. The highest BCUT2D eigenvalue weighted by atomic mass is 127. The average molecular weight is 502 g/mol. The number of rotatable bonds is 5. The van der Waals surface area contributed by atoms with Crippen molar-refractivity contribution in [2.45, 2.75) is 30.8 Å². The van der Waals surface area contributed by atoms with Crippen LogP contribution in [0.15, 0.2) is 4.99 Å². The fourth-order valence-electron chi connectivity index (χ4n) is 2.16. The summed E-state index contributed by atoms with van der Waals surface area (Å²) >= 11 is 0. The van der Waals surface area contributed by atoms with Gasteiger partial charge in [0.2, 0.25) is 0 Å². The molecule has 2 N–H and O–H groups in total. The van der Waals surface area contributed by atoms with Crippen LogP contribution in [0.25, 0.3) is 0 Å². The number of carbonyl (C=O) groups excluding carboxylic acids is 1. The van der Waals surface area contributed by atoms with Crippen LogP contribution < -0.4 is 10.6 Å². The van der Waals surface area contributed by atoms with Crippen LogP contribution in [-0.2, 0) is 19.6 Å². The first-order valence-electron chi connectivity index (χ1n) is 7.22. The topological polar surface area (TPSA) is 100 Å². The molecule has 0 aliphatic carbocycles. The van der Waals surface area contributed by atoms with E-state index in [2.05, 4.69) is 20.4 Å². The number of esters is 1. The molecule has 1 aliphatic rings. The highest BCUT2D eigenvalue weighted by Gasteiger charge is 2.50. The van der Waals surface area contributed by atoms with Gasteiger partial charge in [-0.3, -0.25) is 9.79 Å². The Morgan fingerprint density at radius 2 is 1.88 bits per heavy atom. The van der Waals surface area contributed by atoms with Crippen molar-refractivity contribution in [2.24, 2.45) is 4.99 Å². The average Bonchev–Trinajstić information content (AvgIpc) is 2.53. The summed E-state index contributed by atoms with van der Waals surface area (Å²) < 4.78 is 65.1. The van der Waals surface area contributed by atoms with Gasteiger partial charge in [0, 0.05) is 32.7 Å². The molecule has 1 heterocycles. The number of aliphatic imine (C=N–C) groups is 1. The van der Waals surface area contributed by atoms with E-state index in [4.69, 9.17) is 0 Å².